The van der Waals surface area contributed by atoms with E-state index in [4.69, 9.17) is 4.42 Å². The molecule has 0 spiro atoms. The Balaban J connectivity index is 0.952. The summed E-state index contributed by atoms with van der Waals surface area (Å²) in [5.41, 5.74) is 15.7. The van der Waals surface area contributed by atoms with E-state index in [1.807, 2.05) is 12.1 Å². The van der Waals surface area contributed by atoms with Crippen molar-refractivity contribution in [3.8, 4) is 39.1 Å². The van der Waals surface area contributed by atoms with Gasteiger partial charge in [0.25, 0.3) is 0 Å². The van der Waals surface area contributed by atoms with Crippen LogP contribution in [0.2, 0.25) is 0 Å². The van der Waals surface area contributed by atoms with Crippen LogP contribution in [0.4, 0.5) is 17.1 Å². The Hall–Kier alpha value is -7.62. The lowest BCUT2D eigenvalue weighted by molar-refractivity contribution is 0.669. The van der Waals surface area contributed by atoms with Crippen LogP contribution in [0.25, 0.3) is 82.8 Å². The summed E-state index contributed by atoms with van der Waals surface area (Å²) < 4.78 is 8.58. The molecule has 0 bridgehead atoms. The zero-order valence-electron chi connectivity index (χ0n) is 31.1. The van der Waals surface area contributed by atoms with Crippen molar-refractivity contribution in [3.05, 3.63) is 218 Å². The predicted molar refractivity (Wildman–Crippen MR) is 239 cm³/mol. The van der Waals surface area contributed by atoms with Gasteiger partial charge in [0.1, 0.15) is 11.2 Å². The van der Waals surface area contributed by atoms with Gasteiger partial charge in [-0.2, -0.15) is 0 Å². The number of hydrogen-bond donors (Lipinski definition) is 0. The Bertz CT molecular complexity index is 3140. The van der Waals surface area contributed by atoms with Crippen LogP contribution in [-0.4, -0.2) is 4.57 Å². The average molecular weight is 729 g/mol. The number of hydrogen-bond acceptors (Lipinski definition) is 2. The lowest BCUT2D eigenvalue weighted by Gasteiger charge is -2.26. The van der Waals surface area contributed by atoms with Crippen LogP contribution in [0, 0.1) is 0 Å². The molecule has 11 rings (SSSR count). The van der Waals surface area contributed by atoms with Gasteiger partial charge in [0, 0.05) is 44.3 Å². The Morgan fingerprint density at radius 2 is 0.754 bits per heavy atom. The van der Waals surface area contributed by atoms with Crippen LogP contribution < -0.4 is 4.90 Å². The van der Waals surface area contributed by atoms with Crippen molar-refractivity contribution in [2.45, 2.75) is 0 Å². The van der Waals surface area contributed by atoms with E-state index >= 15 is 0 Å². The SMILES string of the molecule is c1ccc(-c2ccc(N(c3ccc(-c4ccc(-n5c6ccccc6c6ccccc65)cc4)cc3)c3ccc(-c4cccc5oc6ccccc6c45)cc3)cc2)cc1. The van der Waals surface area contributed by atoms with Crippen molar-refractivity contribution in [1.29, 1.82) is 0 Å². The molecule has 57 heavy (non-hydrogen) atoms. The maximum absolute atomic E-state index is 6.22. The molecule has 268 valence electrons. The fraction of sp³-hybridized carbons (Fsp3) is 0. The second-order valence-corrected chi connectivity index (χ2v) is 14.5. The van der Waals surface area contributed by atoms with E-state index in [-0.39, 0.29) is 0 Å². The third-order valence-corrected chi connectivity index (χ3v) is 11.2. The molecule has 9 aromatic carbocycles. The number of fused-ring (bicyclic) bond motifs is 6. The van der Waals surface area contributed by atoms with Gasteiger partial charge in [0.2, 0.25) is 0 Å². The van der Waals surface area contributed by atoms with Gasteiger partial charge < -0.3 is 13.9 Å². The summed E-state index contributed by atoms with van der Waals surface area (Å²) in [6.45, 7) is 0. The van der Waals surface area contributed by atoms with Crippen molar-refractivity contribution >= 4 is 60.8 Å². The molecule has 0 atom stereocenters. The van der Waals surface area contributed by atoms with Gasteiger partial charge in [-0.1, -0.05) is 146 Å². The number of furan rings is 1. The average Bonchev–Trinajstić information content (AvgIpc) is 3.84. The lowest BCUT2D eigenvalue weighted by atomic mass is 9.99. The maximum atomic E-state index is 6.22. The number of para-hydroxylation sites is 3. The van der Waals surface area contributed by atoms with Crippen molar-refractivity contribution in [3.63, 3.8) is 0 Å². The molecule has 0 aliphatic heterocycles. The minimum atomic E-state index is 0.902. The summed E-state index contributed by atoms with van der Waals surface area (Å²) in [6.07, 6.45) is 0. The fourth-order valence-electron chi connectivity index (χ4n) is 8.49. The summed E-state index contributed by atoms with van der Waals surface area (Å²) in [5, 5.41) is 4.82. The molecule has 3 heteroatoms. The molecule has 0 saturated heterocycles. The number of anilines is 3. The van der Waals surface area contributed by atoms with Gasteiger partial charge in [-0.3, -0.25) is 0 Å². The zero-order chi connectivity index (χ0) is 37.7. The highest BCUT2D eigenvalue weighted by atomic mass is 16.3. The van der Waals surface area contributed by atoms with Gasteiger partial charge in [-0.15, -0.1) is 0 Å². The summed E-state index contributed by atoms with van der Waals surface area (Å²) in [4.78, 5) is 2.33. The Kier molecular flexibility index (Phi) is 7.82. The molecule has 0 radical (unpaired) electrons. The fourth-order valence-corrected chi connectivity index (χ4v) is 8.49. The van der Waals surface area contributed by atoms with Crippen molar-refractivity contribution in [1.82, 2.24) is 4.57 Å². The van der Waals surface area contributed by atoms with Gasteiger partial charge >= 0.3 is 0 Å². The largest absolute Gasteiger partial charge is 0.456 e. The maximum Gasteiger partial charge on any atom is 0.136 e. The van der Waals surface area contributed by atoms with Crippen LogP contribution in [0.1, 0.15) is 0 Å². The molecule has 0 fully saturated rings. The first kappa shape index (κ1) is 32.8. The van der Waals surface area contributed by atoms with E-state index in [1.165, 1.54) is 44.1 Å². The smallest absolute Gasteiger partial charge is 0.136 e. The summed E-state index contributed by atoms with van der Waals surface area (Å²) in [5.74, 6) is 0. The summed E-state index contributed by atoms with van der Waals surface area (Å²) >= 11 is 0. The monoisotopic (exact) mass is 728 g/mol. The van der Waals surface area contributed by atoms with Crippen LogP contribution in [-0.2, 0) is 0 Å². The standard InChI is InChI=1S/C54H36N2O/c1-2-11-37(12-3-1)38-21-29-42(30-22-38)55(44-35-27-41(28-36-44)46-16-10-20-53-54(46)49-15-6-9-19-52(49)57-53)43-31-23-39(24-32-43)40-25-33-45(34-26-40)56-50-17-7-4-13-47(50)48-14-5-8-18-51(48)56/h1-36H. The second-order valence-electron chi connectivity index (χ2n) is 14.5. The molecule has 3 nitrogen and oxygen atoms in total. The zero-order valence-corrected chi connectivity index (χ0v) is 31.1. The minimum absolute atomic E-state index is 0.902. The molecule has 11 aromatic rings. The van der Waals surface area contributed by atoms with Crippen LogP contribution >= 0.6 is 0 Å². The van der Waals surface area contributed by atoms with Crippen molar-refractivity contribution in [2.24, 2.45) is 0 Å². The molecule has 0 amide bonds. The Morgan fingerprint density at radius 3 is 1.33 bits per heavy atom. The highest BCUT2D eigenvalue weighted by Crippen LogP contribution is 2.41. The lowest BCUT2D eigenvalue weighted by Crippen LogP contribution is -2.09. The topological polar surface area (TPSA) is 21.3 Å². The van der Waals surface area contributed by atoms with Crippen molar-refractivity contribution in [2.75, 3.05) is 4.90 Å². The van der Waals surface area contributed by atoms with E-state index < -0.39 is 0 Å². The second kappa shape index (κ2) is 13.6. The third-order valence-electron chi connectivity index (χ3n) is 11.2. The quantitative estimate of drug-likeness (QED) is 0.163. The predicted octanol–water partition coefficient (Wildman–Crippen LogP) is 15.2. The normalized spacial score (nSPS) is 11.5. The molecule has 0 unspecified atom stereocenters. The molecular weight excluding hydrogens is 693 g/mol. The molecular formula is C54H36N2O. The van der Waals surface area contributed by atoms with Gasteiger partial charge in [0.15, 0.2) is 0 Å². The molecule has 0 N–H and O–H groups in total. The van der Waals surface area contributed by atoms with Crippen LogP contribution in [0.15, 0.2) is 223 Å². The third kappa shape index (κ3) is 5.68. The molecule has 2 heterocycles. The highest BCUT2D eigenvalue weighted by molar-refractivity contribution is 6.12. The number of rotatable bonds is 7. The highest BCUT2D eigenvalue weighted by Gasteiger charge is 2.17. The Morgan fingerprint density at radius 1 is 0.316 bits per heavy atom. The van der Waals surface area contributed by atoms with E-state index in [0.29, 0.717) is 0 Å². The van der Waals surface area contributed by atoms with Crippen molar-refractivity contribution < 1.29 is 4.42 Å². The molecule has 0 saturated carbocycles. The first-order valence-corrected chi connectivity index (χ1v) is 19.4. The van der Waals surface area contributed by atoms with Crippen LogP contribution in [0.3, 0.4) is 0 Å². The van der Waals surface area contributed by atoms with E-state index in [2.05, 4.69) is 216 Å². The van der Waals surface area contributed by atoms with Gasteiger partial charge in [0.05, 0.1) is 11.0 Å². The molecule has 2 aromatic heterocycles. The molecule has 0 aliphatic rings. The van der Waals surface area contributed by atoms with Crippen LogP contribution in [0.5, 0.6) is 0 Å². The molecule has 0 aliphatic carbocycles. The van der Waals surface area contributed by atoms with E-state index in [1.54, 1.807) is 0 Å². The van der Waals surface area contributed by atoms with E-state index in [0.717, 1.165) is 55.8 Å². The minimum Gasteiger partial charge on any atom is -0.456 e. The number of benzene rings is 9. The van der Waals surface area contributed by atoms with E-state index in [9.17, 15) is 0 Å². The number of nitrogens with zero attached hydrogens (tertiary/aromatic N) is 2. The first-order valence-electron chi connectivity index (χ1n) is 19.4. The summed E-state index contributed by atoms with van der Waals surface area (Å²) in [6, 6.07) is 78.1. The summed E-state index contributed by atoms with van der Waals surface area (Å²) in [7, 11) is 0. The van der Waals surface area contributed by atoms with Gasteiger partial charge in [-0.25, -0.2) is 0 Å². The number of aromatic nitrogens is 1. The Labute approximate surface area is 330 Å². The van der Waals surface area contributed by atoms with Gasteiger partial charge in [-0.05, 0) is 106 Å². The first-order chi connectivity index (χ1) is 28.3.